The minimum absolute atomic E-state index is 0.368. The summed E-state index contributed by atoms with van der Waals surface area (Å²) in [5.74, 6) is -5.45. The molecule has 0 amide bonds. The Labute approximate surface area is 267 Å². The van der Waals surface area contributed by atoms with E-state index < -0.39 is 95.7 Å². The first-order valence-corrected chi connectivity index (χ1v) is 12.9. The summed E-state index contributed by atoms with van der Waals surface area (Å²) in [4.78, 5) is 0. The Bertz CT molecular complexity index is 2610. The van der Waals surface area contributed by atoms with Crippen LogP contribution in [0.2, 0.25) is 0 Å². The van der Waals surface area contributed by atoms with Crippen LogP contribution >= 0.6 is 0 Å². The molecule has 5 rings (SSSR count). The first-order valence-electron chi connectivity index (χ1n) is 12.9. The van der Waals surface area contributed by atoms with Gasteiger partial charge in [-0.05, 0) is 35.9 Å². The van der Waals surface area contributed by atoms with Gasteiger partial charge in [-0.2, -0.15) is 47.4 Å². The number of allylic oxidation sites excluding steroid dienone is 8. The predicted molar refractivity (Wildman–Crippen MR) is 154 cm³/mol. The number of fused-ring (bicyclic) bond motifs is 2. The number of benzene rings is 3. The fourth-order valence-electron chi connectivity index (χ4n) is 5.66. The van der Waals surface area contributed by atoms with Gasteiger partial charge in [-0.15, -0.1) is 0 Å². The maximum atomic E-state index is 17.1. The fourth-order valence-corrected chi connectivity index (χ4v) is 5.66. The van der Waals surface area contributed by atoms with Crippen molar-refractivity contribution >= 4 is 33.4 Å². The van der Waals surface area contributed by atoms with E-state index >= 15 is 4.39 Å². The van der Waals surface area contributed by atoms with E-state index in [-0.39, 0.29) is 22.3 Å². The molecule has 3 aromatic rings. The molecule has 0 radical (unpaired) electrons. The smallest absolute Gasteiger partial charge is 0.160 e. The van der Waals surface area contributed by atoms with Crippen molar-refractivity contribution in [3.8, 4) is 54.6 Å². The Morgan fingerprint density at radius 2 is 0.896 bits per heavy atom. The van der Waals surface area contributed by atoms with Crippen LogP contribution in [0.25, 0.3) is 33.4 Å². The lowest BCUT2D eigenvalue weighted by molar-refractivity contribution is 0.508. The molecule has 0 bridgehead atoms. The van der Waals surface area contributed by atoms with E-state index in [1.807, 2.05) is 0 Å². The van der Waals surface area contributed by atoms with Gasteiger partial charge in [0.1, 0.15) is 65.3 Å². The topological polar surface area (TPSA) is 214 Å². The van der Waals surface area contributed by atoms with Crippen LogP contribution in [0.3, 0.4) is 0 Å². The Morgan fingerprint density at radius 1 is 0.417 bits per heavy atom. The lowest BCUT2D eigenvalue weighted by Gasteiger charge is -2.13. The second-order valence-electron chi connectivity index (χ2n) is 9.73. The molecule has 0 aromatic heterocycles. The zero-order chi connectivity index (χ0) is 35.0. The van der Waals surface area contributed by atoms with E-state index in [0.29, 0.717) is 18.2 Å². The van der Waals surface area contributed by atoms with E-state index in [1.54, 1.807) is 54.6 Å². The van der Waals surface area contributed by atoms with Crippen molar-refractivity contribution in [1.82, 2.24) is 0 Å². The quantitative estimate of drug-likeness (QED) is 0.228. The molecule has 0 N–H and O–H groups in total. The summed E-state index contributed by atoms with van der Waals surface area (Å²) in [6.45, 7) is 0. The summed E-state index contributed by atoms with van der Waals surface area (Å²) in [6, 6.07) is 18.4. The third kappa shape index (κ3) is 4.23. The van der Waals surface area contributed by atoms with Gasteiger partial charge in [-0.3, -0.25) is 0 Å². The van der Waals surface area contributed by atoms with Crippen LogP contribution in [0.5, 0.6) is 0 Å². The zero-order valence-corrected chi connectivity index (χ0v) is 23.4. The van der Waals surface area contributed by atoms with E-state index in [9.17, 15) is 60.5 Å². The number of nitrogens with zero attached hydrogens (tertiary/aromatic N) is 9. The Balaban J connectivity index is 2.03. The van der Waals surface area contributed by atoms with Crippen molar-refractivity contribution < 1.29 is 17.6 Å². The summed E-state index contributed by atoms with van der Waals surface area (Å²) in [5, 5.41) is 88.9. The first kappa shape index (κ1) is 31.2. The van der Waals surface area contributed by atoms with Crippen molar-refractivity contribution in [3.63, 3.8) is 0 Å². The Kier molecular flexibility index (Phi) is 7.59. The lowest BCUT2D eigenvalue weighted by Crippen LogP contribution is -2.01. The first-order chi connectivity index (χ1) is 23.1. The number of rotatable bonds is 2. The zero-order valence-electron chi connectivity index (χ0n) is 23.4. The molecule has 0 aliphatic heterocycles. The summed E-state index contributed by atoms with van der Waals surface area (Å²) >= 11 is 0. The highest BCUT2D eigenvalue weighted by Crippen LogP contribution is 2.56. The van der Waals surface area contributed by atoms with Gasteiger partial charge in [0.05, 0.1) is 40.0 Å². The van der Waals surface area contributed by atoms with Gasteiger partial charge in [0.25, 0.3) is 0 Å². The highest BCUT2D eigenvalue weighted by atomic mass is 19.2. The molecule has 2 aliphatic carbocycles. The SMILES string of the molecule is N#CC(C#N)=C1C(c2cc(F)c(F)cc2C#N)=C(C#N)c2c1cc1c(c2F)C(=C(C#N)C#N)C(c2cc(F)c(C#N)cc2C#N)=C1C#N. The molecule has 0 atom stereocenters. The van der Waals surface area contributed by atoms with Crippen LogP contribution in [0.1, 0.15) is 50.1 Å². The monoisotopic (exact) mass is 627 g/mol. The normalized spacial score (nSPS) is 12.1. The maximum absolute atomic E-state index is 17.1. The molecular formula is C35H5F4N9. The van der Waals surface area contributed by atoms with E-state index in [0.717, 1.165) is 12.1 Å². The number of nitriles is 9. The lowest BCUT2D eigenvalue weighted by atomic mass is 9.88. The fraction of sp³-hybridized carbons (Fsp3) is 0. The van der Waals surface area contributed by atoms with Gasteiger partial charge >= 0.3 is 0 Å². The second-order valence-corrected chi connectivity index (χ2v) is 9.73. The molecule has 0 fully saturated rings. The molecule has 0 saturated heterocycles. The van der Waals surface area contributed by atoms with Crippen molar-refractivity contribution in [2.24, 2.45) is 0 Å². The van der Waals surface area contributed by atoms with Crippen LogP contribution in [0.15, 0.2) is 41.5 Å². The predicted octanol–water partition coefficient (Wildman–Crippen LogP) is 6.36. The summed E-state index contributed by atoms with van der Waals surface area (Å²) in [5.41, 5.74) is -9.05. The standard InChI is InChI=1S/C35H5F4N9/c36-26-4-20(15(6-40)1-17(26)8-42)31-24(13-47)22-3-23-29(18(9-43)10-44)32(21-5-28(38)27(37)2-16(21)7-41)25(14-48)33(23)35(39)34(22)30(31)19(11-45)12-46/h1-5H. The third-order valence-corrected chi connectivity index (χ3v) is 7.54. The molecule has 13 heteroatoms. The van der Waals surface area contributed by atoms with Crippen LogP contribution < -0.4 is 0 Å². The molecule has 2 aliphatic rings. The number of hydrogen-bond acceptors (Lipinski definition) is 9. The molecule has 0 saturated carbocycles. The van der Waals surface area contributed by atoms with E-state index in [2.05, 4.69) is 0 Å². The van der Waals surface area contributed by atoms with Gasteiger partial charge in [0.15, 0.2) is 11.6 Å². The van der Waals surface area contributed by atoms with Gasteiger partial charge in [0, 0.05) is 50.1 Å². The summed E-state index contributed by atoms with van der Waals surface area (Å²) in [6.07, 6.45) is 0. The van der Waals surface area contributed by atoms with Crippen LogP contribution in [-0.2, 0) is 0 Å². The van der Waals surface area contributed by atoms with Crippen molar-refractivity contribution in [2.75, 3.05) is 0 Å². The maximum Gasteiger partial charge on any atom is 0.160 e. The minimum Gasteiger partial charge on any atom is -0.206 e. The van der Waals surface area contributed by atoms with Crippen molar-refractivity contribution in [2.45, 2.75) is 0 Å². The van der Waals surface area contributed by atoms with Gasteiger partial charge in [-0.1, -0.05) is 0 Å². The minimum atomic E-state index is -1.48. The largest absolute Gasteiger partial charge is 0.206 e. The molecule has 0 unspecified atom stereocenters. The van der Waals surface area contributed by atoms with Crippen LogP contribution in [0.4, 0.5) is 17.6 Å². The van der Waals surface area contributed by atoms with Gasteiger partial charge < -0.3 is 0 Å². The molecule has 0 spiro atoms. The average molecular weight is 627 g/mol. The second kappa shape index (κ2) is 11.7. The molecule has 218 valence electrons. The van der Waals surface area contributed by atoms with Crippen LogP contribution in [-0.4, -0.2) is 0 Å². The van der Waals surface area contributed by atoms with E-state index in [4.69, 9.17) is 0 Å². The highest BCUT2D eigenvalue weighted by molar-refractivity contribution is 6.30. The van der Waals surface area contributed by atoms with Crippen LogP contribution in [0, 0.1) is 125 Å². The average Bonchev–Trinajstić information content (AvgIpc) is 3.60. The molecule has 9 nitrogen and oxygen atoms in total. The van der Waals surface area contributed by atoms with Gasteiger partial charge in [-0.25, -0.2) is 17.6 Å². The Hall–Kier alpha value is -8.25. The molecule has 48 heavy (non-hydrogen) atoms. The Morgan fingerprint density at radius 3 is 1.42 bits per heavy atom. The number of halogens is 4. The summed E-state index contributed by atoms with van der Waals surface area (Å²) < 4.78 is 60.7. The van der Waals surface area contributed by atoms with Gasteiger partial charge in [0.2, 0.25) is 0 Å². The molecular weight excluding hydrogens is 622 g/mol. The third-order valence-electron chi connectivity index (χ3n) is 7.54. The van der Waals surface area contributed by atoms with Crippen molar-refractivity contribution in [1.29, 1.82) is 47.4 Å². The van der Waals surface area contributed by atoms with E-state index in [1.165, 1.54) is 0 Å². The number of hydrogen-bond donors (Lipinski definition) is 0. The molecule has 3 aromatic carbocycles. The highest BCUT2D eigenvalue weighted by Gasteiger charge is 2.42. The summed E-state index contributed by atoms with van der Waals surface area (Å²) in [7, 11) is 0. The van der Waals surface area contributed by atoms with Crippen molar-refractivity contribution in [3.05, 3.63) is 115 Å². The molecule has 0 heterocycles.